The van der Waals surface area contributed by atoms with Crippen LogP contribution in [0, 0.1) is 5.92 Å². The van der Waals surface area contributed by atoms with Gasteiger partial charge in [0, 0.05) is 5.02 Å². The number of nitrogens with two attached hydrogens (primary N) is 2. The molecule has 3 heteroatoms. The van der Waals surface area contributed by atoms with Gasteiger partial charge in [-0.05, 0) is 80.3 Å². The summed E-state index contributed by atoms with van der Waals surface area (Å²) in [7, 11) is 0. The monoisotopic (exact) mass is 266 g/mol. The predicted molar refractivity (Wildman–Crippen MR) is 78.0 cm³/mol. The zero-order valence-corrected chi connectivity index (χ0v) is 11.7. The van der Waals surface area contributed by atoms with Crippen LogP contribution in [0.1, 0.15) is 36.0 Å². The van der Waals surface area contributed by atoms with Crippen LogP contribution in [0.4, 0.5) is 0 Å². The van der Waals surface area contributed by atoms with Crippen LogP contribution in [0.25, 0.3) is 0 Å². The second-order valence-corrected chi connectivity index (χ2v) is 5.70. The Balaban J connectivity index is 2.08. The minimum absolute atomic E-state index is 0.414. The fourth-order valence-electron chi connectivity index (χ4n) is 2.69. The molecule has 0 radical (unpaired) electrons. The van der Waals surface area contributed by atoms with Gasteiger partial charge in [-0.1, -0.05) is 17.7 Å². The number of hydrogen-bond acceptors (Lipinski definition) is 2. The molecule has 18 heavy (non-hydrogen) atoms. The van der Waals surface area contributed by atoms with Crippen molar-refractivity contribution in [3.63, 3.8) is 0 Å². The molecule has 0 aliphatic heterocycles. The Labute approximate surface area is 115 Å². The Bertz CT molecular complexity index is 400. The van der Waals surface area contributed by atoms with Crippen LogP contribution in [-0.4, -0.2) is 13.1 Å². The van der Waals surface area contributed by atoms with Crippen LogP contribution in [0.15, 0.2) is 12.1 Å². The van der Waals surface area contributed by atoms with E-state index in [2.05, 4.69) is 12.1 Å². The Hall–Kier alpha value is -0.570. The van der Waals surface area contributed by atoms with Gasteiger partial charge in [0.15, 0.2) is 0 Å². The number of benzene rings is 1. The van der Waals surface area contributed by atoms with Crippen molar-refractivity contribution in [1.82, 2.24) is 0 Å². The molecule has 1 aliphatic rings. The van der Waals surface area contributed by atoms with Gasteiger partial charge in [-0.2, -0.15) is 0 Å². The van der Waals surface area contributed by atoms with Crippen molar-refractivity contribution < 1.29 is 0 Å². The Kier molecular flexibility index (Phi) is 5.04. The standard InChI is InChI=1S/C15H23ClN2/c16-15-8-13-4-2-1-3-12(13)7-14(15)6-5-11(9-17)10-18/h7-8,11H,1-6,9-10,17-18H2. The Morgan fingerprint density at radius 3 is 2.28 bits per heavy atom. The van der Waals surface area contributed by atoms with E-state index in [-0.39, 0.29) is 0 Å². The molecule has 0 saturated carbocycles. The highest BCUT2D eigenvalue weighted by Crippen LogP contribution is 2.28. The summed E-state index contributed by atoms with van der Waals surface area (Å²) in [5.74, 6) is 0.414. The zero-order valence-electron chi connectivity index (χ0n) is 10.9. The maximum absolute atomic E-state index is 6.37. The van der Waals surface area contributed by atoms with E-state index >= 15 is 0 Å². The molecule has 0 saturated heterocycles. The first-order valence-electron chi connectivity index (χ1n) is 6.95. The smallest absolute Gasteiger partial charge is 0.0440 e. The topological polar surface area (TPSA) is 52.0 Å². The van der Waals surface area contributed by atoms with Crippen molar-refractivity contribution in [1.29, 1.82) is 0 Å². The molecule has 2 nitrogen and oxygen atoms in total. The van der Waals surface area contributed by atoms with Gasteiger partial charge in [-0.25, -0.2) is 0 Å². The highest BCUT2D eigenvalue weighted by atomic mass is 35.5. The molecule has 4 N–H and O–H groups in total. The van der Waals surface area contributed by atoms with Gasteiger partial charge in [-0.3, -0.25) is 0 Å². The first kappa shape index (κ1) is 13.9. The van der Waals surface area contributed by atoms with Crippen molar-refractivity contribution in [3.8, 4) is 0 Å². The van der Waals surface area contributed by atoms with Crippen LogP contribution >= 0.6 is 11.6 Å². The third-order valence-corrected chi connectivity index (χ3v) is 4.35. The molecule has 0 unspecified atom stereocenters. The number of fused-ring (bicyclic) bond motifs is 1. The second kappa shape index (κ2) is 6.55. The number of hydrogen-bond donors (Lipinski definition) is 2. The van der Waals surface area contributed by atoms with Crippen LogP contribution in [0.3, 0.4) is 0 Å². The lowest BCUT2D eigenvalue weighted by atomic mass is 9.89. The lowest BCUT2D eigenvalue weighted by Crippen LogP contribution is -2.23. The largest absolute Gasteiger partial charge is 0.330 e. The quantitative estimate of drug-likeness (QED) is 0.861. The summed E-state index contributed by atoms with van der Waals surface area (Å²) in [5.41, 5.74) is 15.6. The van der Waals surface area contributed by atoms with E-state index in [9.17, 15) is 0 Å². The Morgan fingerprint density at radius 1 is 1.06 bits per heavy atom. The first-order chi connectivity index (χ1) is 8.74. The molecule has 1 aromatic carbocycles. The summed E-state index contributed by atoms with van der Waals surface area (Å²) in [5, 5.41) is 0.920. The highest BCUT2D eigenvalue weighted by Gasteiger charge is 2.13. The third-order valence-electron chi connectivity index (χ3n) is 4.00. The molecule has 2 rings (SSSR count). The highest BCUT2D eigenvalue weighted by molar-refractivity contribution is 6.31. The summed E-state index contributed by atoms with van der Waals surface area (Å²) < 4.78 is 0. The van der Waals surface area contributed by atoms with E-state index < -0.39 is 0 Å². The van der Waals surface area contributed by atoms with Gasteiger partial charge in [-0.15, -0.1) is 0 Å². The molecule has 1 aliphatic carbocycles. The summed E-state index contributed by atoms with van der Waals surface area (Å²) in [6, 6.07) is 4.48. The molecular weight excluding hydrogens is 244 g/mol. The lowest BCUT2D eigenvalue weighted by Gasteiger charge is -2.19. The maximum atomic E-state index is 6.37. The number of aryl methyl sites for hydroxylation is 3. The molecule has 0 aromatic heterocycles. The average Bonchev–Trinajstić information content (AvgIpc) is 2.40. The fourth-order valence-corrected chi connectivity index (χ4v) is 2.97. The second-order valence-electron chi connectivity index (χ2n) is 5.30. The molecule has 0 amide bonds. The van der Waals surface area contributed by atoms with Crippen molar-refractivity contribution in [2.45, 2.75) is 38.5 Å². The van der Waals surface area contributed by atoms with Gasteiger partial charge in [0.1, 0.15) is 0 Å². The molecule has 0 atom stereocenters. The van der Waals surface area contributed by atoms with Crippen LogP contribution in [0.5, 0.6) is 0 Å². The van der Waals surface area contributed by atoms with Crippen LogP contribution in [0.2, 0.25) is 5.02 Å². The molecule has 0 bridgehead atoms. The fraction of sp³-hybridized carbons (Fsp3) is 0.600. The minimum atomic E-state index is 0.414. The van der Waals surface area contributed by atoms with Crippen molar-refractivity contribution >= 4 is 11.6 Å². The van der Waals surface area contributed by atoms with Gasteiger partial charge in [0.05, 0.1) is 0 Å². The van der Waals surface area contributed by atoms with E-state index in [1.807, 2.05) is 0 Å². The van der Waals surface area contributed by atoms with E-state index in [0.29, 0.717) is 19.0 Å². The molecular formula is C15H23ClN2. The molecule has 1 aromatic rings. The van der Waals surface area contributed by atoms with Gasteiger partial charge in [0.2, 0.25) is 0 Å². The van der Waals surface area contributed by atoms with Gasteiger partial charge in [0.25, 0.3) is 0 Å². The average molecular weight is 267 g/mol. The van der Waals surface area contributed by atoms with Crippen LogP contribution < -0.4 is 11.5 Å². The van der Waals surface area contributed by atoms with E-state index in [1.165, 1.54) is 42.4 Å². The first-order valence-corrected chi connectivity index (χ1v) is 7.32. The summed E-state index contributed by atoms with van der Waals surface area (Å²) in [6.45, 7) is 1.33. The third kappa shape index (κ3) is 3.25. The molecule has 0 fully saturated rings. The summed E-state index contributed by atoms with van der Waals surface area (Å²) >= 11 is 6.37. The van der Waals surface area contributed by atoms with Crippen molar-refractivity contribution in [2.24, 2.45) is 17.4 Å². The number of rotatable bonds is 5. The summed E-state index contributed by atoms with van der Waals surface area (Å²) in [6.07, 6.45) is 7.02. The normalized spacial score (nSPS) is 14.9. The van der Waals surface area contributed by atoms with Gasteiger partial charge < -0.3 is 11.5 Å². The summed E-state index contributed by atoms with van der Waals surface area (Å²) in [4.78, 5) is 0. The van der Waals surface area contributed by atoms with Crippen molar-refractivity contribution in [3.05, 3.63) is 33.8 Å². The van der Waals surface area contributed by atoms with Crippen LogP contribution in [-0.2, 0) is 19.3 Å². The predicted octanol–water partition coefficient (Wildman–Crippen LogP) is 2.69. The molecule has 0 spiro atoms. The maximum Gasteiger partial charge on any atom is 0.0440 e. The zero-order chi connectivity index (χ0) is 13.0. The minimum Gasteiger partial charge on any atom is -0.330 e. The number of halogens is 1. The molecule has 0 heterocycles. The van der Waals surface area contributed by atoms with Gasteiger partial charge >= 0.3 is 0 Å². The van der Waals surface area contributed by atoms with E-state index in [1.54, 1.807) is 0 Å². The lowest BCUT2D eigenvalue weighted by molar-refractivity contribution is 0.507. The Morgan fingerprint density at radius 2 is 1.67 bits per heavy atom. The van der Waals surface area contributed by atoms with E-state index in [0.717, 1.165) is 17.9 Å². The SMILES string of the molecule is NCC(CN)CCc1cc2c(cc1Cl)CCCC2. The molecule has 100 valence electrons. The van der Waals surface area contributed by atoms with E-state index in [4.69, 9.17) is 23.1 Å². The van der Waals surface area contributed by atoms with Crippen molar-refractivity contribution in [2.75, 3.05) is 13.1 Å².